The molecule has 3 aliphatic rings. The van der Waals surface area contributed by atoms with Gasteiger partial charge in [-0.2, -0.15) is 0 Å². The molecule has 3 fully saturated rings. The van der Waals surface area contributed by atoms with Gasteiger partial charge in [-0.1, -0.05) is 121 Å². The highest BCUT2D eigenvalue weighted by molar-refractivity contribution is 5.88. The Morgan fingerprint density at radius 3 is 1.34 bits per heavy atom. The van der Waals surface area contributed by atoms with Crippen molar-refractivity contribution in [2.24, 2.45) is 0 Å². The summed E-state index contributed by atoms with van der Waals surface area (Å²) in [6, 6.07) is 47.6. The van der Waals surface area contributed by atoms with Gasteiger partial charge in [0.05, 0.1) is 74.6 Å². The van der Waals surface area contributed by atoms with Crippen molar-refractivity contribution in [1.82, 2.24) is 58.6 Å². The van der Waals surface area contributed by atoms with Crippen LogP contribution in [0, 0.1) is 0 Å². The number of hydrogen-bond acceptors (Lipinski definition) is 22. The predicted molar refractivity (Wildman–Crippen MR) is 398 cm³/mol. The fourth-order valence-electron chi connectivity index (χ4n) is 12.5. The van der Waals surface area contributed by atoms with Crippen LogP contribution in [0.2, 0.25) is 0 Å². The zero-order valence-corrected chi connectivity index (χ0v) is 61.0. The largest absolute Gasteiger partial charge is 0.480 e. The fourth-order valence-corrected chi connectivity index (χ4v) is 12.5. The summed E-state index contributed by atoms with van der Waals surface area (Å²) in [6.07, 6.45) is 10.7. The van der Waals surface area contributed by atoms with Crippen molar-refractivity contribution in [2.45, 2.75) is 51.4 Å². The molecule has 2 N–H and O–H groups in total. The summed E-state index contributed by atoms with van der Waals surface area (Å²) < 4.78 is 52.3. The number of carboxylic acid groups (broad SMARTS) is 1. The summed E-state index contributed by atoms with van der Waals surface area (Å²) >= 11 is 0. The number of furan rings is 2. The molecule has 0 bridgehead atoms. The topological polar surface area (TPSA) is 302 Å². The summed E-state index contributed by atoms with van der Waals surface area (Å²) in [6.45, 7) is 10.1. The van der Waals surface area contributed by atoms with Gasteiger partial charge in [0.25, 0.3) is 0 Å². The van der Waals surface area contributed by atoms with E-state index in [2.05, 4.69) is 36.7 Å². The summed E-state index contributed by atoms with van der Waals surface area (Å²) in [5.74, 6) is -0.645. The second-order valence-corrected chi connectivity index (χ2v) is 26.0. The zero-order chi connectivity index (χ0) is 75.2. The maximum Gasteiger partial charge on any atom is 0.416 e. The highest BCUT2D eigenvalue weighted by Gasteiger charge is 2.29. The van der Waals surface area contributed by atoms with Gasteiger partial charge in [0.2, 0.25) is 17.7 Å². The zero-order valence-electron chi connectivity index (χ0n) is 61.0. The smallest absolute Gasteiger partial charge is 0.416 e. The van der Waals surface area contributed by atoms with Gasteiger partial charge in [-0.05, 0) is 74.7 Å². The van der Waals surface area contributed by atoms with E-state index in [0.717, 1.165) is 117 Å². The number of cyclic esters (lactones) is 2. The number of carbonyl (C=O) groups excluding carboxylic acids is 5. The third kappa shape index (κ3) is 23.3. The van der Waals surface area contributed by atoms with E-state index < -0.39 is 30.6 Å². The Kier molecular flexibility index (Phi) is 29.4. The number of amides is 3. The predicted octanol–water partition coefficient (Wildman–Crippen LogP) is 9.03. The van der Waals surface area contributed by atoms with Crippen molar-refractivity contribution >= 4 is 47.3 Å². The number of carbonyl (C=O) groups is 6. The molecule has 3 aliphatic heterocycles. The van der Waals surface area contributed by atoms with E-state index in [1.165, 1.54) is 4.90 Å². The number of aliphatic carboxylic acids is 1. The van der Waals surface area contributed by atoms with Gasteiger partial charge in [-0.25, -0.2) is 43.9 Å². The third-order valence-corrected chi connectivity index (χ3v) is 18.0. The van der Waals surface area contributed by atoms with Crippen molar-refractivity contribution in [1.29, 1.82) is 0 Å². The number of nitrogens with one attached hydrogen (secondary N) is 1. The van der Waals surface area contributed by atoms with E-state index in [-0.39, 0.29) is 44.1 Å². The number of likely N-dealkylation sites (N-methyl/N-ethyl adjacent to an activating group) is 1. The maximum atomic E-state index is 14.3. The monoisotopic (exact) mass is 1480 g/mol. The number of hydrogen-bond donors (Lipinski definition) is 2. The number of esters is 2. The van der Waals surface area contributed by atoms with Crippen molar-refractivity contribution in [3.05, 3.63) is 216 Å². The molecule has 0 radical (unpaired) electrons. The summed E-state index contributed by atoms with van der Waals surface area (Å²) in [4.78, 5) is 102. The van der Waals surface area contributed by atoms with Gasteiger partial charge in [-0.3, -0.25) is 23.4 Å². The molecule has 28 heteroatoms. The summed E-state index contributed by atoms with van der Waals surface area (Å²) in [7, 11) is 3.55. The van der Waals surface area contributed by atoms with Gasteiger partial charge in [-0.15, -0.1) is 0 Å². The highest BCUT2D eigenvalue weighted by Crippen LogP contribution is 2.33. The molecule has 3 amide bonds. The molecule has 0 spiro atoms. The molecule has 108 heavy (non-hydrogen) atoms. The maximum absolute atomic E-state index is 14.3. The Morgan fingerprint density at radius 1 is 0.500 bits per heavy atom. The first-order chi connectivity index (χ1) is 52.8. The number of rotatable bonds is 32. The van der Waals surface area contributed by atoms with Crippen LogP contribution in [0.3, 0.4) is 0 Å². The van der Waals surface area contributed by atoms with Gasteiger partial charge in [0.1, 0.15) is 49.3 Å². The molecule has 9 heterocycles. The number of aromatic nitrogens is 6. The minimum absolute atomic E-state index is 0.105. The molecule has 0 unspecified atom stereocenters. The minimum Gasteiger partial charge on any atom is -0.480 e. The summed E-state index contributed by atoms with van der Waals surface area (Å²) in [5.41, 5.74) is 9.44. The summed E-state index contributed by atoms with van der Waals surface area (Å²) in [5, 5.41) is 12.0. The van der Waals surface area contributed by atoms with Crippen molar-refractivity contribution in [2.75, 3.05) is 145 Å². The molecule has 10 aromatic rings. The molecular weight excluding hydrogens is 1380 g/mol. The lowest BCUT2D eigenvalue weighted by molar-refractivity contribution is -0.174. The fraction of sp³-hybridized carbons (Fsp3) is 0.375. The van der Waals surface area contributed by atoms with E-state index in [4.69, 9.17) is 57.6 Å². The van der Waals surface area contributed by atoms with Gasteiger partial charge >= 0.3 is 30.1 Å². The number of morpholine rings is 2. The lowest BCUT2D eigenvalue weighted by Crippen LogP contribution is -2.41. The Bertz CT molecular complexity index is 4460. The molecule has 28 nitrogen and oxygen atoms in total. The standard InChI is InChI=1S/C40H46N6O8.C36H42N6O4.C4H4O4/c1-43(36(47)28-52-29-37(48)49)16-9-18-45(19-10-17-44-20-23-51-24-21-44)40(50)54-39-34(26-32-15-8-22-53-32)42-38-33(25-30-11-4-2-5-12-30)41-35(27-46(38)39)31-13-6-3-7-14-31;1-37-16-9-18-41(19-10-17-40-20-23-44-24-21-40)36(43)46-35-32(26-30-15-8-22-45-30)39-34-31(25-28-11-4-2-5-12-28)38-33(27-42(34)35)29-13-6-3-7-14-29;5-3-1-7-2-4(6)8-3/h2-8,11-15,22,27H,9-10,16-21,23-26,28-29H2,1H3,(H,48,49);2-8,11-15,22,27,37H,9-10,16-21,23-26H2,1H3;1-2H2. The van der Waals surface area contributed by atoms with Crippen LogP contribution in [0.15, 0.2) is 179 Å². The van der Waals surface area contributed by atoms with Crippen LogP contribution >= 0.6 is 0 Å². The minimum atomic E-state index is -1.14. The number of fused-ring (bicyclic) bond motifs is 2. The molecule has 3 saturated heterocycles. The quantitative estimate of drug-likeness (QED) is 0.0226. The Morgan fingerprint density at radius 2 is 0.935 bits per heavy atom. The van der Waals surface area contributed by atoms with E-state index in [0.29, 0.717) is 118 Å². The van der Waals surface area contributed by atoms with Crippen LogP contribution in [0.5, 0.6) is 11.8 Å². The number of ether oxygens (including phenoxy) is 7. The van der Waals surface area contributed by atoms with Gasteiger partial charge in [0.15, 0.2) is 11.3 Å². The van der Waals surface area contributed by atoms with Crippen LogP contribution in [0.4, 0.5) is 9.59 Å². The first-order valence-corrected chi connectivity index (χ1v) is 36.4. The second kappa shape index (κ2) is 40.7. The normalized spacial score (nSPS) is 13.9. The highest BCUT2D eigenvalue weighted by atomic mass is 16.6. The molecule has 0 atom stereocenters. The number of imidazole rings is 2. The van der Waals surface area contributed by atoms with E-state index in [1.807, 2.05) is 167 Å². The van der Waals surface area contributed by atoms with Crippen molar-refractivity contribution in [3.8, 4) is 34.3 Å². The number of nitrogens with zero attached hydrogens (tertiary/aromatic N) is 11. The molecule has 0 aliphatic carbocycles. The first kappa shape index (κ1) is 78.1. The lowest BCUT2D eigenvalue weighted by Gasteiger charge is -2.28. The van der Waals surface area contributed by atoms with Gasteiger partial charge in [0, 0.05) is 115 Å². The molecule has 568 valence electrons. The van der Waals surface area contributed by atoms with Gasteiger partial charge < -0.3 is 67.1 Å². The third-order valence-electron chi connectivity index (χ3n) is 18.0. The Hall–Kier alpha value is -11.0. The number of benzene rings is 4. The molecule has 6 aromatic heterocycles. The van der Waals surface area contributed by atoms with E-state index in [9.17, 15) is 28.8 Å². The van der Waals surface area contributed by atoms with Crippen molar-refractivity contribution in [3.63, 3.8) is 0 Å². The second-order valence-electron chi connectivity index (χ2n) is 26.0. The lowest BCUT2D eigenvalue weighted by atomic mass is 10.1. The SMILES string of the molecule is CN(CCCN(CCCN1CCOCC1)C(=O)Oc1c(Cc2ccco2)nc2c(Cc3ccccc3)nc(-c3ccccc3)cn12)C(=O)COCC(=O)O.CNCCCN(CCCN1CCOCC1)C(=O)Oc1c(Cc2ccco2)nc2c(Cc3ccccc3)nc(-c3ccccc3)cn12.O=C1COCC(=O)O1. The van der Waals surface area contributed by atoms with Crippen LogP contribution in [-0.4, -0.2) is 240 Å². The Balaban J connectivity index is 0.000000196. The molecule has 4 aromatic carbocycles. The van der Waals surface area contributed by atoms with E-state index in [1.54, 1.807) is 24.5 Å². The molecule has 13 rings (SSSR count). The van der Waals surface area contributed by atoms with E-state index >= 15 is 0 Å². The Labute approximate surface area is 626 Å². The average Bonchev–Trinajstić information content (AvgIpc) is 1.61. The van der Waals surface area contributed by atoms with Crippen LogP contribution in [0.1, 0.15) is 71.1 Å². The number of carboxylic acids is 1. The van der Waals surface area contributed by atoms with Crippen LogP contribution in [0.25, 0.3) is 33.8 Å². The van der Waals surface area contributed by atoms with Crippen molar-refractivity contribution < 1.29 is 75.9 Å². The van der Waals surface area contributed by atoms with Crippen LogP contribution < -0.4 is 14.8 Å². The average molecular weight is 1480 g/mol. The first-order valence-electron chi connectivity index (χ1n) is 36.4. The molecular formula is C80H92N12O16. The van der Waals surface area contributed by atoms with Crippen LogP contribution in [-0.2, 0) is 68.5 Å². The molecule has 0 saturated carbocycles.